The lowest BCUT2D eigenvalue weighted by molar-refractivity contribution is 1.06. The number of rotatable bonds is 3. The van der Waals surface area contributed by atoms with Crippen LogP contribution in [0.2, 0.25) is 19.1 Å². The van der Waals surface area contributed by atoms with Crippen molar-refractivity contribution >= 4 is 14.9 Å². The van der Waals surface area contributed by atoms with E-state index in [1.807, 2.05) is 36.4 Å². The Balaban J connectivity index is 0.000000255. The molecule has 78 valence electrons. The van der Waals surface area contributed by atoms with Crippen molar-refractivity contribution in [2.75, 3.05) is 0 Å². The fraction of sp³-hybridized carbons (Fsp3) is 0.385. The van der Waals surface area contributed by atoms with E-state index in [1.165, 1.54) is 18.0 Å². The predicted octanol–water partition coefficient (Wildman–Crippen LogP) is 4.21. The molecule has 1 aromatic rings. The maximum atomic E-state index is 3.63. The van der Waals surface area contributed by atoms with E-state index >= 15 is 0 Å². The molecule has 0 saturated heterocycles. The van der Waals surface area contributed by atoms with E-state index in [9.17, 15) is 0 Å². The molecule has 1 rings (SSSR count). The van der Waals surface area contributed by atoms with Gasteiger partial charge in [0, 0.05) is 8.80 Å². The standard InChI is InChI=1S/C8H8.C5H14Si/c1-2-8-6-4-3-5-7-8;1-4-5-6(2)3/h2-7H,1H2;6H,4-5H2,1-3H3. The minimum Gasteiger partial charge on any atom is -0.0985 e. The lowest BCUT2D eigenvalue weighted by Crippen LogP contribution is -1.95. The molecule has 0 amide bonds. The molecular formula is C13H22Si. The fourth-order valence-corrected chi connectivity index (χ4v) is 2.32. The summed E-state index contributed by atoms with van der Waals surface area (Å²) in [4.78, 5) is 0. The summed E-state index contributed by atoms with van der Waals surface area (Å²) in [6, 6.07) is 11.5. The highest BCUT2D eigenvalue weighted by atomic mass is 28.3. The Morgan fingerprint density at radius 1 is 1.21 bits per heavy atom. The zero-order chi connectivity index (χ0) is 10.8. The third-order valence-corrected chi connectivity index (χ3v) is 3.63. The van der Waals surface area contributed by atoms with Crippen molar-refractivity contribution in [3.8, 4) is 0 Å². The predicted molar refractivity (Wildman–Crippen MR) is 70.5 cm³/mol. The molecule has 0 aliphatic rings. The average molecular weight is 206 g/mol. The summed E-state index contributed by atoms with van der Waals surface area (Å²) in [7, 11) is -0.171. The molecule has 0 aliphatic carbocycles. The van der Waals surface area contributed by atoms with Crippen LogP contribution in [0, 0.1) is 0 Å². The van der Waals surface area contributed by atoms with Crippen molar-refractivity contribution in [1.82, 2.24) is 0 Å². The quantitative estimate of drug-likeness (QED) is 0.650. The van der Waals surface area contributed by atoms with Gasteiger partial charge in [-0.05, 0) is 5.56 Å². The van der Waals surface area contributed by atoms with E-state index < -0.39 is 0 Å². The Kier molecular flexibility index (Phi) is 8.25. The third-order valence-electron chi connectivity index (χ3n) is 1.90. The zero-order valence-electron chi connectivity index (χ0n) is 9.66. The number of hydrogen-bond acceptors (Lipinski definition) is 0. The van der Waals surface area contributed by atoms with Crippen molar-refractivity contribution < 1.29 is 0 Å². The first-order valence-corrected chi connectivity index (χ1v) is 8.50. The first-order valence-electron chi connectivity index (χ1n) is 5.38. The largest absolute Gasteiger partial charge is 0.0985 e. The minimum atomic E-state index is -0.171. The SMILES string of the molecule is C=Cc1ccccc1.CCC[SiH](C)C. The first-order chi connectivity index (χ1) is 6.70. The van der Waals surface area contributed by atoms with E-state index in [4.69, 9.17) is 0 Å². The van der Waals surface area contributed by atoms with Gasteiger partial charge in [-0.3, -0.25) is 0 Å². The van der Waals surface area contributed by atoms with Gasteiger partial charge < -0.3 is 0 Å². The van der Waals surface area contributed by atoms with Crippen molar-refractivity contribution in [3.05, 3.63) is 42.5 Å². The average Bonchev–Trinajstić information content (AvgIpc) is 2.20. The smallest absolute Gasteiger partial charge is 0.0305 e. The van der Waals surface area contributed by atoms with Crippen LogP contribution in [0.25, 0.3) is 6.08 Å². The summed E-state index contributed by atoms with van der Waals surface area (Å²) in [5.74, 6) is 0. The van der Waals surface area contributed by atoms with E-state index in [1.54, 1.807) is 0 Å². The lowest BCUT2D eigenvalue weighted by atomic mass is 10.2. The molecule has 0 nitrogen and oxygen atoms in total. The molecule has 0 radical (unpaired) electrons. The van der Waals surface area contributed by atoms with Crippen LogP contribution in [0.1, 0.15) is 18.9 Å². The molecule has 0 unspecified atom stereocenters. The van der Waals surface area contributed by atoms with Crippen molar-refractivity contribution in [2.24, 2.45) is 0 Å². The van der Waals surface area contributed by atoms with Crippen LogP contribution in [0.5, 0.6) is 0 Å². The molecule has 0 aromatic heterocycles. The summed E-state index contributed by atoms with van der Waals surface area (Å²) in [5.41, 5.74) is 1.17. The van der Waals surface area contributed by atoms with Crippen LogP contribution < -0.4 is 0 Å². The van der Waals surface area contributed by atoms with E-state index in [0.29, 0.717) is 0 Å². The van der Waals surface area contributed by atoms with Gasteiger partial charge in [0.2, 0.25) is 0 Å². The van der Waals surface area contributed by atoms with Crippen molar-refractivity contribution in [3.63, 3.8) is 0 Å². The highest BCUT2D eigenvalue weighted by Crippen LogP contribution is 1.97. The van der Waals surface area contributed by atoms with E-state index in [0.717, 1.165) is 0 Å². The molecular weight excluding hydrogens is 184 g/mol. The molecule has 14 heavy (non-hydrogen) atoms. The first kappa shape index (κ1) is 13.2. The number of benzene rings is 1. The number of hydrogen-bond donors (Lipinski definition) is 0. The molecule has 0 heterocycles. The van der Waals surface area contributed by atoms with Gasteiger partial charge >= 0.3 is 0 Å². The van der Waals surface area contributed by atoms with Gasteiger partial charge in [0.05, 0.1) is 0 Å². The van der Waals surface area contributed by atoms with Gasteiger partial charge in [-0.15, -0.1) is 0 Å². The summed E-state index contributed by atoms with van der Waals surface area (Å²) >= 11 is 0. The molecule has 0 saturated carbocycles. The molecule has 1 aromatic carbocycles. The van der Waals surface area contributed by atoms with Gasteiger partial charge in [0.15, 0.2) is 0 Å². The van der Waals surface area contributed by atoms with Crippen LogP contribution in [0.4, 0.5) is 0 Å². The second kappa shape index (κ2) is 8.76. The monoisotopic (exact) mass is 206 g/mol. The normalized spacial score (nSPS) is 9.14. The van der Waals surface area contributed by atoms with Gasteiger partial charge in [-0.25, -0.2) is 0 Å². The molecule has 0 N–H and O–H groups in total. The maximum absolute atomic E-state index is 3.63. The summed E-state index contributed by atoms with van der Waals surface area (Å²) in [5, 5.41) is 0. The minimum absolute atomic E-state index is 0.171. The fourth-order valence-electron chi connectivity index (χ4n) is 1.17. The second-order valence-electron chi connectivity index (χ2n) is 3.80. The van der Waals surface area contributed by atoms with Crippen LogP contribution in [0.15, 0.2) is 36.9 Å². The second-order valence-corrected chi connectivity index (χ2v) is 7.16. The third kappa shape index (κ3) is 7.81. The van der Waals surface area contributed by atoms with E-state index in [-0.39, 0.29) is 8.80 Å². The van der Waals surface area contributed by atoms with Gasteiger partial charge in [0.25, 0.3) is 0 Å². The summed E-state index contributed by atoms with van der Waals surface area (Å²) in [6.07, 6.45) is 3.23. The molecule has 1 heteroatoms. The summed E-state index contributed by atoms with van der Waals surface area (Å²) < 4.78 is 0. The van der Waals surface area contributed by atoms with Gasteiger partial charge in [-0.2, -0.15) is 0 Å². The molecule has 0 atom stereocenters. The van der Waals surface area contributed by atoms with Crippen LogP contribution in [-0.2, 0) is 0 Å². The molecule has 0 bridgehead atoms. The highest BCUT2D eigenvalue weighted by Gasteiger charge is 1.88. The van der Waals surface area contributed by atoms with E-state index in [2.05, 4.69) is 26.6 Å². The molecule has 0 fully saturated rings. The Morgan fingerprint density at radius 3 is 2.00 bits per heavy atom. The Hall–Kier alpha value is -0.823. The molecule has 0 spiro atoms. The zero-order valence-corrected chi connectivity index (χ0v) is 10.8. The van der Waals surface area contributed by atoms with Crippen LogP contribution >= 0.6 is 0 Å². The van der Waals surface area contributed by atoms with Crippen LogP contribution in [0.3, 0.4) is 0 Å². The molecule has 0 aliphatic heterocycles. The lowest BCUT2D eigenvalue weighted by Gasteiger charge is -1.93. The maximum Gasteiger partial charge on any atom is 0.0305 e. The van der Waals surface area contributed by atoms with Crippen LogP contribution in [-0.4, -0.2) is 8.80 Å². The summed E-state index contributed by atoms with van der Waals surface area (Å²) in [6.45, 7) is 10.7. The van der Waals surface area contributed by atoms with Crippen molar-refractivity contribution in [1.29, 1.82) is 0 Å². The highest BCUT2D eigenvalue weighted by molar-refractivity contribution is 6.55. The topological polar surface area (TPSA) is 0 Å². The van der Waals surface area contributed by atoms with Gasteiger partial charge in [0.1, 0.15) is 0 Å². The Labute approximate surface area is 90.3 Å². The van der Waals surface area contributed by atoms with Gasteiger partial charge in [-0.1, -0.05) is 75.5 Å². The van der Waals surface area contributed by atoms with Crippen molar-refractivity contribution in [2.45, 2.75) is 32.5 Å². The Bertz CT molecular complexity index is 226. The Morgan fingerprint density at radius 2 is 1.79 bits per heavy atom.